The molecule has 0 aromatic heterocycles. The first-order valence-electron chi connectivity index (χ1n) is 4.82. The Balaban J connectivity index is 2.87. The lowest BCUT2D eigenvalue weighted by atomic mass is 9.73. The largest absolute Gasteiger partial charge is 0.361 e. The van der Waals surface area contributed by atoms with Gasteiger partial charge in [-0.15, -0.1) is 0 Å². The monoisotopic (exact) mass is 261 g/mol. The zero-order valence-corrected chi connectivity index (χ0v) is 12.7. The van der Waals surface area contributed by atoms with Gasteiger partial charge in [-0.05, 0) is 39.9 Å². The Bertz CT molecular complexity index is 168. The van der Waals surface area contributed by atoms with Crippen LogP contribution in [0.1, 0.15) is 0 Å². The van der Waals surface area contributed by atoms with Crippen LogP contribution in [0.3, 0.4) is 0 Å². The van der Waals surface area contributed by atoms with Crippen LogP contribution in [0, 0.1) is 0 Å². The fraction of sp³-hybridized carbons (Fsp3) is 1.00. The van der Waals surface area contributed by atoms with Crippen LogP contribution >= 0.6 is 34.8 Å². The maximum atomic E-state index is 2.42. The lowest BCUT2D eigenvalue weighted by molar-refractivity contribution is 0.583. The highest BCUT2D eigenvalue weighted by Gasteiger charge is 2.48. The van der Waals surface area contributed by atoms with Crippen molar-refractivity contribution in [2.24, 2.45) is 0 Å². The fourth-order valence-electron chi connectivity index (χ4n) is 2.19. The zero-order chi connectivity index (χ0) is 11.6. The van der Waals surface area contributed by atoms with Gasteiger partial charge in [-0.25, -0.2) is 0 Å². The molecular weight excluding hydrogens is 243 g/mol. The Hall–Kier alpha value is 1.12. The molecule has 0 bridgehead atoms. The first-order chi connectivity index (χ1) is 7.08. The molecule has 1 rings (SSSR count). The minimum Gasteiger partial charge on any atom is -0.340 e. The van der Waals surface area contributed by atoms with E-state index >= 15 is 0 Å². The molecule has 0 atom stereocenters. The Morgan fingerprint density at radius 2 is 0.800 bits per heavy atom. The number of nitrogens with zero attached hydrogens (tertiary/aromatic N) is 3. The van der Waals surface area contributed by atoms with Gasteiger partial charge < -0.3 is 14.2 Å². The summed E-state index contributed by atoms with van der Waals surface area (Å²) in [5.74, 6) is 0. The third-order valence-corrected chi connectivity index (χ3v) is 5.98. The van der Waals surface area contributed by atoms with Crippen molar-refractivity contribution >= 4 is 53.6 Å². The Morgan fingerprint density at radius 3 is 0.933 bits per heavy atom. The summed E-state index contributed by atoms with van der Waals surface area (Å²) in [6, 6.07) is 0. The molecular formula is C6H18B3N3S3. The molecule has 0 spiro atoms. The van der Waals surface area contributed by atoms with Crippen LogP contribution in [0.25, 0.3) is 0 Å². The molecule has 0 aliphatic carbocycles. The molecule has 0 unspecified atom stereocenters. The highest BCUT2D eigenvalue weighted by Crippen LogP contribution is 2.28. The van der Waals surface area contributed by atoms with Gasteiger partial charge >= 0.3 is 18.8 Å². The van der Waals surface area contributed by atoms with Gasteiger partial charge in [0.25, 0.3) is 0 Å². The summed E-state index contributed by atoms with van der Waals surface area (Å²) in [6.45, 7) is 0. The molecule has 0 aromatic rings. The summed E-state index contributed by atoms with van der Waals surface area (Å²) in [5.41, 5.74) is 0. The van der Waals surface area contributed by atoms with Crippen molar-refractivity contribution in [3.05, 3.63) is 0 Å². The van der Waals surface area contributed by atoms with Gasteiger partial charge in [-0.1, -0.05) is 0 Å². The van der Waals surface area contributed by atoms with Gasteiger partial charge in [0.15, 0.2) is 0 Å². The van der Waals surface area contributed by atoms with Gasteiger partial charge in [0.2, 0.25) is 0 Å². The van der Waals surface area contributed by atoms with Crippen molar-refractivity contribution in [2.75, 3.05) is 39.9 Å². The molecule has 1 aliphatic rings. The Kier molecular flexibility index (Phi) is 5.83. The van der Waals surface area contributed by atoms with Crippen molar-refractivity contribution in [3.63, 3.8) is 0 Å². The third-order valence-electron chi connectivity index (χ3n) is 2.72. The van der Waals surface area contributed by atoms with Gasteiger partial charge in [0.05, 0.1) is 0 Å². The van der Waals surface area contributed by atoms with E-state index in [2.05, 4.69) is 54.1 Å². The average Bonchev–Trinajstić information content (AvgIpc) is 2.19. The Labute approximate surface area is 108 Å². The molecule has 9 heteroatoms. The minimum absolute atomic E-state index is 0.469. The van der Waals surface area contributed by atoms with E-state index in [0.29, 0.717) is 18.8 Å². The molecule has 0 aromatic carbocycles. The molecule has 84 valence electrons. The standard InChI is InChI=1S/C6H18B3N3S3/c1-10-7(13-4)11(2)9(15-6)12(3)8(10)14-5/h1-6H3. The van der Waals surface area contributed by atoms with E-state index in [1.165, 1.54) is 0 Å². The lowest BCUT2D eigenvalue weighted by Crippen LogP contribution is -2.72. The van der Waals surface area contributed by atoms with Crippen molar-refractivity contribution in [1.29, 1.82) is 0 Å². The highest BCUT2D eigenvalue weighted by molar-refractivity contribution is 8.30. The maximum absolute atomic E-state index is 2.42. The van der Waals surface area contributed by atoms with E-state index in [4.69, 9.17) is 0 Å². The predicted molar refractivity (Wildman–Crippen MR) is 81.1 cm³/mol. The van der Waals surface area contributed by atoms with Gasteiger partial charge in [0.1, 0.15) is 0 Å². The molecule has 1 fully saturated rings. The second-order valence-electron chi connectivity index (χ2n) is 3.68. The van der Waals surface area contributed by atoms with E-state index in [-0.39, 0.29) is 0 Å². The topological polar surface area (TPSA) is 9.72 Å². The summed E-state index contributed by atoms with van der Waals surface area (Å²) >= 11 is 5.70. The summed E-state index contributed by atoms with van der Waals surface area (Å²) < 4.78 is 7.26. The van der Waals surface area contributed by atoms with E-state index in [0.717, 1.165) is 0 Å². The molecule has 1 heterocycles. The van der Waals surface area contributed by atoms with Crippen LogP contribution in [0.15, 0.2) is 0 Å². The molecule has 0 radical (unpaired) electrons. The number of hydrogen-bond donors (Lipinski definition) is 0. The van der Waals surface area contributed by atoms with Crippen LogP contribution in [0.5, 0.6) is 0 Å². The summed E-state index contributed by atoms with van der Waals surface area (Å²) in [4.78, 5) is 0. The second kappa shape index (κ2) is 6.16. The molecule has 15 heavy (non-hydrogen) atoms. The molecule has 0 amide bonds. The highest BCUT2D eigenvalue weighted by atomic mass is 32.2. The predicted octanol–water partition coefficient (Wildman–Crippen LogP) is 0.839. The van der Waals surface area contributed by atoms with Crippen molar-refractivity contribution < 1.29 is 0 Å². The van der Waals surface area contributed by atoms with Crippen LogP contribution < -0.4 is 0 Å². The third kappa shape index (κ3) is 2.69. The van der Waals surface area contributed by atoms with E-state index in [9.17, 15) is 0 Å². The van der Waals surface area contributed by atoms with Crippen molar-refractivity contribution in [1.82, 2.24) is 14.2 Å². The van der Waals surface area contributed by atoms with E-state index in [1.807, 2.05) is 34.8 Å². The van der Waals surface area contributed by atoms with Crippen LogP contribution in [-0.2, 0) is 0 Å². The van der Waals surface area contributed by atoms with Crippen LogP contribution in [0.4, 0.5) is 0 Å². The Morgan fingerprint density at radius 1 is 0.600 bits per heavy atom. The zero-order valence-electron chi connectivity index (χ0n) is 10.3. The van der Waals surface area contributed by atoms with E-state index < -0.39 is 0 Å². The minimum atomic E-state index is 0.469. The second-order valence-corrected chi connectivity index (χ2v) is 6.36. The number of hydrogen-bond acceptors (Lipinski definition) is 6. The SMILES string of the molecule is CSB1N(C)B(SC)N(C)B(SC)N1C. The van der Waals surface area contributed by atoms with Crippen molar-refractivity contribution in [2.45, 2.75) is 0 Å². The van der Waals surface area contributed by atoms with Crippen molar-refractivity contribution in [3.8, 4) is 0 Å². The molecule has 3 nitrogen and oxygen atoms in total. The fourth-order valence-corrected chi connectivity index (χ4v) is 5.10. The summed E-state index contributed by atoms with van der Waals surface area (Å²) in [6.07, 6.45) is 7.94. The first kappa shape index (κ1) is 14.2. The summed E-state index contributed by atoms with van der Waals surface area (Å²) in [7, 11) is 6.60. The molecule has 0 N–H and O–H groups in total. The van der Waals surface area contributed by atoms with Gasteiger partial charge in [-0.2, -0.15) is 34.8 Å². The number of rotatable bonds is 3. The quantitative estimate of drug-likeness (QED) is 0.691. The molecule has 1 saturated heterocycles. The maximum Gasteiger partial charge on any atom is 0.361 e. The van der Waals surface area contributed by atoms with Gasteiger partial charge in [0, 0.05) is 0 Å². The average molecular weight is 261 g/mol. The van der Waals surface area contributed by atoms with Crippen LogP contribution in [-0.4, -0.2) is 72.9 Å². The summed E-state index contributed by atoms with van der Waals surface area (Å²) in [5, 5.41) is 0. The molecule has 0 saturated carbocycles. The first-order valence-corrected chi connectivity index (χ1v) is 8.69. The van der Waals surface area contributed by atoms with Crippen LogP contribution in [0.2, 0.25) is 0 Å². The van der Waals surface area contributed by atoms with Gasteiger partial charge in [-0.3, -0.25) is 0 Å². The molecule has 1 aliphatic heterocycles. The smallest absolute Gasteiger partial charge is 0.340 e. The normalized spacial score (nSPS) is 21.6. The lowest BCUT2D eigenvalue weighted by Gasteiger charge is -2.48. The van der Waals surface area contributed by atoms with E-state index in [1.54, 1.807) is 0 Å².